The number of nitrogens with one attached hydrogen (secondary N) is 1. The molecule has 19 heavy (non-hydrogen) atoms. The lowest BCUT2D eigenvalue weighted by Crippen LogP contribution is -2.25. The van der Waals surface area contributed by atoms with Crippen LogP contribution in [0, 0.1) is 0 Å². The minimum absolute atomic E-state index is 0.125. The molecule has 0 atom stereocenters. The van der Waals surface area contributed by atoms with Crippen LogP contribution in [-0.4, -0.2) is 31.3 Å². The maximum atomic E-state index is 12.1. The quantitative estimate of drug-likeness (QED) is 0.810. The Morgan fingerprint density at radius 1 is 1.26 bits per heavy atom. The third-order valence-electron chi connectivity index (χ3n) is 2.94. The van der Waals surface area contributed by atoms with Gasteiger partial charge in [-0.2, -0.15) is 0 Å². The van der Waals surface area contributed by atoms with Crippen LogP contribution in [0.15, 0.2) is 36.4 Å². The SMILES string of the molecule is COCCCNC(=O)c1cccc2cccc(O)c12. The van der Waals surface area contributed by atoms with Gasteiger partial charge in [0.1, 0.15) is 5.75 Å². The molecule has 100 valence electrons. The molecule has 2 rings (SSSR count). The lowest BCUT2D eigenvalue weighted by Gasteiger charge is -2.09. The van der Waals surface area contributed by atoms with Gasteiger partial charge in [-0.25, -0.2) is 0 Å². The minimum atomic E-state index is -0.178. The number of rotatable bonds is 5. The fourth-order valence-corrected chi connectivity index (χ4v) is 2.02. The molecule has 1 amide bonds. The van der Waals surface area contributed by atoms with Crippen molar-refractivity contribution >= 4 is 16.7 Å². The van der Waals surface area contributed by atoms with E-state index in [4.69, 9.17) is 4.74 Å². The van der Waals surface area contributed by atoms with Crippen LogP contribution >= 0.6 is 0 Å². The van der Waals surface area contributed by atoms with Crippen molar-refractivity contribution in [1.82, 2.24) is 5.32 Å². The zero-order valence-corrected chi connectivity index (χ0v) is 10.8. The van der Waals surface area contributed by atoms with Crippen molar-refractivity contribution in [2.75, 3.05) is 20.3 Å². The van der Waals surface area contributed by atoms with Crippen LogP contribution < -0.4 is 5.32 Å². The van der Waals surface area contributed by atoms with Crippen molar-refractivity contribution < 1.29 is 14.6 Å². The van der Waals surface area contributed by atoms with E-state index >= 15 is 0 Å². The van der Waals surface area contributed by atoms with E-state index in [1.165, 1.54) is 0 Å². The van der Waals surface area contributed by atoms with Crippen molar-refractivity contribution in [1.29, 1.82) is 0 Å². The van der Waals surface area contributed by atoms with Gasteiger partial charge in [-0.1, -0.05) is 24.3 Å². The van der Waals surface area contributed by atoms with Crippen LogP contribution in [0.3, 0.4) is 0 Å². The number of ether oxygens (including phenoxy) is 1. The number of carbonyl (C=O) groups is 1. The van der Waals surface area contributed by atoms with Crippen molar-refractivity contribution in [3.05, 3.63) is 42.0 Å². The fraction of sp³-hybridized carbons (Fsp3) is 0.267. The number of carbonyl (C=O) groups excluding carboxylic acids is 1. The highest BCUT2D eigenvalue weighted by atomic mass is 16.5. The molecule has 0 aliphatic heterocycles. The van der Waals surface area contributed by atoms with Crippen molar-refractivity contribution in [2.24, 2.45) is 0 Å². The van der Waals surface area contributed by atoms with E-state index in [2.05, 4.69) is 5.32 Å². The van der Waals surface area contributed by atoms with Gasteiger partial charge in [0.2, 0.25) is 0 Å². The van der Waals surface area contributed by atoms with Crippen LogP contribution in [-0.2, 0) is 4.74 Å². The van der Waals surface area contributed by atoms with Crippen LogP contribution in [0.5, 0.6) is 5.75 Å². The number of amides is 1. The van der Waals surface area contributed by atoms with Gasteiger partial charge in [0.05, 0.1) is 5.56 Å². The molecule has 0 fully saturated rings. The van der Waals surface area contributed by atoms with Gasteiger partial charge >= 0.3 is 0 Å². The number of phenols is 1. The summed E-state index contributed by atoms with van der Waals surface area (Å²) in [7, 11) is 1.63. The average Bonchev–Trinajstić information content (AvgIpc) is 2.43. The summed E-state index contributed by atoms with van der Waals surface area (Å²) in [5, 5.41) is 14.2. The first kappa shape index (κ1) is 13.4. The standard InChI is InChI=1S/C15H17NO3/c1-19-10-4-9-16-15(18)12-7-2-5-11-6-3-8-13(17)14(11)12/h2-3,5-8,17H,4,9-10H2,1H3,(H,16,18). The van der Waals surface area contributed by atoms with E-state index in [1.54, 1.807) is 25.3 Å². The smallest absolute Gasteiger partial charge is 0.252 e. The normalized spacial score (nSPS) is 10.6. The van der Waals surface area contributed by atoms with Crippen LogP contribution in [0.4, 0.5) is 0 Å². The highest BCUT2D eigenvalue weighted by Gasteiger charge is 2.11. The molecule has 0 aromatic heterocycles. The molecule has 4 nitrogen and oxygen atoms in total. The van der Waals surface area contributed by atoms with Gasteiger partial charge in [0, 0.05) is 25.6 Å². The summed E-state index contributed by atoms with van der Waals surface area (Å²) >= 11 is 0. The van der Waals surface area contributed by atoms with Gasteiger partial charge < -0.3 is 15.2 Å². The Bertz CT molecular complexity index is 575. The number of methoxy groups -OCH3 is 1. The summed E-state index contributed by atoms with van der Waals surface area (Å²) in [5.41, 5.74) is 0.494. The first-order valence-electron chi connectivity index (χ1n) is 6.22. The van der Waals surface area contributed by atoms with E-state index in [1.807, 2.05) is 18.2 Å². The predicted octanol–water partition coefficient (Wildman–Crippen LogP) is 2.31. The molecule has 0 unspecified atom stereocenters. The van der Waals surface area contributed by atoms with E-state index < -0.39 is 0 Å². The second kappa shape index (κ2) is 6.20. The third kappa shape index (κ3) is 3.03. The summed E-state index contributed by atoms with van der Waals surface area (Å²) in [5.74, 6) is -0.0525. The molecular weight excluding hydrogens is 242 g/mol. The summed E-state index contributed by atoms with van der Waals surface area (Å²) in [4.78, 5) is 12.1. The number of phenolic OH excluding ortho intramolecular Hbond substituents is 1. The molecular formula is C15H17NO3. The molecule has 0 heterocycles. The number of fused-ring (bicyclic) bond motifs is 1. The topological polar surface area (TPSA) is 58.6 Å². The number of aromatic hydroxyl groups is 1. The summed E-state index contributed by atoms with van der Waals surface area (Å²) in [6, 6.07) is 10.6. The zero-order valence-electron chi connectivity index (χ0n) is 10.8. The molecule has 0 aliphatic rings. The van der Waals surface area contributed by atoms with Gasteiger partial charge in [-0.3, -0.25) is 4.79 Å². The molecule has 0 spiro atoms. The van der Waals surface area contributed by atoms with Crippen molar-refractivity contribution in [3.63, 3.8) is 0 Å². The van der Waals surface area contributed by atoms with Gasteiger partial charge in [-0.05, 0) is 23.9 Å². The molecule has 4 heteroatoms. The van der Waals surface area contributed by atoms with Gasteiger partial charge in [0.15, 0.2) is 0 Å². The van der Waals surface area contributed by atoms with E-state index in [9.17, 15) is 9.90 Å². The number of hydrogen-bond donors (Lipinski definition) is 2. The molecule has 0 aliphatic carbocycles. The van der Waals surface area contributed by atoms with Crippen LogP contribution in [0.2, 0.25) is 0 Å². The average molecular weight is 259 g/mol. The second-order valence-corrected chi connectivity index (χ2v) is 4.28. The largest absolute Gasteiger partial charge is 0.507 e. The van der Waals surface area contributed by atoms with E-state index in [0.717, 1.165) is 11.8 Å². The lowest BCUT2D eigenvalue weighted by molar-refractivity contribution is 0.0950. The molecule has 0 bridgehead atoms. The number of benzene rings is 2. The van der Waals surface area contributed by atoms with Crippen LogP contribution in [0.1, 0.15) is 16.8 Å². The lowest BCUT2D eigenvalue weighted by atomic mass is 10.0. The Labute approximate surface area is 112 Å². The fourth-order valence-electron chi connectivity index (χ4n) is 2.02. The molecule has 0 radical (unpaired) electrons. The zero-order chi connectivity index (χ0) is 13.7. The maximum absolute atomic E-state index is 12.1. The third-order valence-corrected chi connectivity index (χ3v) is 2.94. The predicted molar refractivity (Wildman–Crippen MR) is 74.4 cm³/mol. The van der Waals surface area contributed by atoms with E-state index in [0.29, 0.717) is 24.1 Å². The summed E-state index contributed by atoms with van der Waals surface area (Å²) < 4.78 is 4.93. The summed E-state index contributed by atoms with van der Waals surface area (Å²) in [6.07, 6.45) is 0.763. The Balaban J connectivity index is 2.22. The Morgan fingerprint density at radius 3 is 2.74 bits per heavy atom. The molecule has 0 saturated heterocycles. The minimum Gasteiger partial charge on any atom is -0.507 e. The maximum Gasteiger partial charge on any atom is 0.252 e. The molecule has 0 saturated carbocycles. The van der Waals surface area contributed by atoms with Gasteiger partial charge in [-0.15, -0.1) is 0 Å². The van der Waals surface area contributed by atoms with Crippen molar-refractivity contribution in [3.8, 4) is 5.75 Å². The molecule has 2 aromatic carbocycles. The Morgan fingerprint density at radius 2 is 2.00 bits per heavy atom. The first-order valence-corrected chi connectivity index (χ1v) is 6.22. The molecule has 2 aromatic rings. The van der Waals surface area contributed by atoms with E-state index in [-0.39, 0.29) is 11.7 Å². The second-order valence-electron chi connectivity index (χ2n) is 4.28. The van der Waals surface area contributed by atoms with Crippen LogP contribution in [0.25, 0.3) is 10.8 Å². The monoisotopic (exact) mass is 259 g/mol. The Hall–Kier alpha value is -2.07. The summed E-state index contributed by atoms with van der Waals surface area (Å²) in [6.45, 7) is 1.16. The number of hydrogen-bond acceptors (Lipinski definition) is 3. The van der Waals surface area contributed by atoms with Crippen molar-refractivity contribution in [2.45, 2.75) is 6.42 Å². The highest BCUT2D eigenvalue weighted by Crippen LogP contribution is 2.27. The Kier molecular flexibility index (Phi) is 4.36. The van der Waals surface area contributed by atoms with Gasteiger partial charge in [0.25, 0.3) is 5.91 Å². The highest BCUT2D eigenvalue weighted by molar-refractivity contribution is 6.09. The first-order chi connectivity index (χ1) is 9.24. The molecule has 2 N–H and O–H groups in total.